The summed E-state index contributed by atoms with van der Waals surface area (Å²) in [4.78, 5) is 4.69. The number of hydrogen-bond acceptors (Lipinski definition) is 2. The first-order valence-corrected chi connectivity index (χ1v) is 9.27. The summed E-state index contributed by atoms with van der Waals surface area (Å²) < 4.78 is 2.10. The predicted octanol–water partition coefficient (Wildman–Crippen LogP) is 5.80. The van der Waals surface area contributed by atoms with Gasteiger partial charge >= 0.3 is 0 Å². The van der Waals surface area contributed by atoms with E-state index in [1.54, 1.807) is 0 Å². The Labute approximate surface area is 157 Å². The van der Waals surface area contributed by atoms with E-state index in [-0.39, 0.29) is 0 Å². The molecule has 0 aliphatic rings. The van der Waals surface area contributed by atoms with Crippen LogP contribution in [0.1, 0.15) is 12.5 Å². The molecule has 0 fully saturated rings. The molecule has 0 spiro atoms. The summed E-state index contributed by atoms with van der Waals surface area (Å²) >= 11 is 0. The third-order valence-corrected chi connectivity index (χ3v) is 5.06. The fourth-order valence-corrected chi connectivity index (χ4v) is 3.73. The van der Waals surface area contributed by atoms with Crippen molar-refractivity contribution < 1.29 is 0 Å². The molecular weight excluding hydrogens is 330 g/mol. The Morgan fingerprint density at radius 3 is 2.37 bits per heavy atom. The number of fused-ring (bicyclic) bond motifs is 3. The van der Waals surface area contributed by atoms with Gasteiger partial charge in [0, 0.05) is 22.5 Å². The quantitative estimate of drug-likeness (QED) is 0.412. The van der Waals surface area contributed by atoms with Gasteiger partial charge in [-0.05, 0) is 24.1 Å². The van der Waals surface area contributed by atoms with Crippen molar-refractivity contribution in [2.24, 2.45) is 0 Å². The molecule has 3 aromatic carbocycles. The van der Waals surface area contributed by atoms with Crippen molar-refractivity contribution >= 4 is 21.8 Å². The third-order valence-electron chi connectivity index (χ3n) is 5.06. The lowest BCUT2D eigenvalue weighted by molar-refractivity contribution is 0.896. The van der Waals surface area contributed by atoms with Crippen LogP contribution in [0.5, 0.6) is 0 Å². The molecule has 0 saturated carbocycles. The van der Waals surface area contributed by atoms with Crippen LogP contribution in [0.4, 0.5) is 0 Å². The van der Waals surface area contributed by atoms with Gasteiger partial charge in [-0.1, -0.05) is 73.7 Å². The summed E-state index contributed by atoms with van der Waals surface area (Å²) in [5.74, 6) is 0. The predicted molar refractivity (Wildman–Crippen MR) is 111 cm³/mol. The molecule has 5 aromatic rings. The van der Waals surface area contributed by atoms with Gasteiger partial charge in [-0.2, -0.15) is 5.10 Å². The summed E-state index contributed by atoms with van der Waals surface area (Å²) in [5, 5.41) is 7.26. The molecule has 0 atom stereocenters. The standard InChI is InChI=1S/C24H19N3/c1-2-17-10-6-9-15-22(17)27-24-19-13-7-8-14-21(19)25-16-20(24)23(26-27)18-11-4-3-5-12-18/h3-16H,2H2,1H3. The van der Waals surface area contributed by atoms with Crippen LogP contribution in [0.15, 0.2) is 85.1 Å². The summed E-state index contributed by atoms with van der Waals surface area (Å²) in [6.07, 6.45) is 2.92. The van der Waals surface area contributed by atoms with Crippen molar-refractivity contribution in [3.8, 4) is 16.9 Å². The normalized spacial score (nSPS) is 11.3. The number of hydrogen-bond donors (Lipinski definition) is 0. The lowest BCUT2D eigenvalue weighted by atomic mass is 10.1. The first-order chi connectivity index (χ1) is 13.4. The van der Waals surface area contributed by atoms with E-state index in [0.29, 0.717) is 0 Å². The van der Waals surface area contributed by atoms with Gasteiger partial charge in [-0.25, -0.2) is 4.68 Å². The topological polar surface area (TPSA) is 30.7 Å². The summed E-state index contributed by atoms with van der Waals surface area (Å²) in [5.41, 5.74) is 6.58. The van der Waals surface area contributed by atoms with Crippen LogP contribution in [0.2, 0.25) is 0 Å². The van der Waals surface area contributed by atoms with Crippen molar-refractivity contribution in [2.45, 2.75) is 13.3 Å². The first kappa shape index (κ1) is 15.8. The van der Waals surface area contributed by atoms with Crippen LogP contribution in [0.25, 0.3) is 38.8 Å². The molecule has 0 N–H and O–H groups in total. The minimum Gasteiger partial charge on any atom is -0.255 e. The zero-order chi connectivity index (χ0) is 18.2. The van der Waals surface area contributed by atoms with Crippen molar-refractivity contribution in [1.29, 1.82) is 0 Å². The molecule has 2 heterocycles. The van der Waals surface area contributed by atoms with E-state index in [9.17, 15) is 0 Å². The van der Waals surface area contributed by atoms with Crippen LogP contribution in [-0.4, -0.2) is 14.8 Å². The summed E-state index contributed by atoms with van der Waals surface area (Å²) in [6, 6.07) is 27.1. The van der Waals surface area contributed by atoms with E-state index in [0.717, 1.165) is 45.2 Å². The molecule has 27 heavy (non-hydrogen) atoms. The van der Waals surface area contributed by atoms with Crippen molar-refractivity contribution in [2.75, 3.05) is 0 Å². The van der Waals surface area contributed by atoms with E-state index in [1.807, 2.05) is 18.3 Å². The molecule has 0 aliphatic heterocycles. The van der Waals surface area contributed by atoms with Crippen molar-refractivity contribution in [1.82, 2.24) is 14.8 Å². The second kappa shape index (κ2) is 6.36. The van der Waals surface area contributed by atoms with Crippen molar-refractivity contribution in [3.05, 3.63) is 90.6 Å². The van der Waals surface area contributed by atoms with E-state index in [1.165, 1.54) is 5.56 Å². The third kappa shape index (κ3) is 2.51. The lowest BCUT2D eigenvalue weighted by Gasteiger charge is -2.10. The molecule has 0 saturated heterocycles. The maximum absolute atomic E-state index is 5.07. The van der Waals surface area contributed by atoms with Gasteiger partial charge in [0.05, 0.1) is 16.7 Å². The fourth-order valence-electron chi connectivity index (χ4n) is 3.73. The molecular formula is C24H19N3. The lowest BCUT2D eigenvalue weighted by Crippen LogP contribution is -2.01. The zero-order valence-electron chi connectivity index (χ0n) is 15.1. The average Bonchev–Trinajstić information content (AvgIpc) is 3.14. The summed E-state index contributed by atoms with van der Waals surface area (Å²) in [6.45, 7) is 2.18. The van der Waals surface area contributed by atoms with Crippen LogP contribution < -0.4 is 0 Å². The number of para-hydroxylation sites is 2. The van der Waals surface area contributed by atoms with Gasteiger partial charge in [0.15, 0.2) is 0 Å². The van der Waals surface area contributed by atoms with Gasteiger partial charge in [-0.15, -0.1) is 0 Å². The number of rotatable bonds is 3. The van der Waals surface area contributed by atoms with Gasteiger partial charge < -0.3 is 0 Å². The monoisotopic (exact) mass is 349 g/mol. The number of aryl methyl sites for hydroxylation is 1. The van der Waals surface area contributed by atoms with Gasteiger partial charge in [-0.3, -0.25) is 4.98 Å². The molecule has 0 bridgehead atoms. The van der Waals surface area contributed by atoms with Gasteiger partial charge in [0.2, 0.25) is 0 Å². The highest BCUT2D eigenvalue weighted by Gasteiger charge is 2.17. The van der Waals surface area contributed by atoms with E-state index >= 15 is 0 Å². The molecule has 130 valence electrons. The maximum atomic E-state index is 5.07. The maximum Gasteiger partial charge on any atom is 0.102 e. The fraction of sp³-hybridized carbons (Fsp3) is 0.0833. The Morgan fingerprint density at radius 2 is 1.52 bits per heavy atom. The number of pyridine rings is 1. The van der Waals surface area contributed by atoms with E-state index in [4.69, 9.17) is 10.1 Å². The van der Waals surface area contributed by atoms with Crippen LogP contribution >= 0.6 is 0 Å². The van der Waals surface area contributed by atoms with Gasteiger partial charge in [0.1, 0.15) is 5.69 Å². The molecule has 2 aromatic heterocycles. The van der Waals surface area contributed by atoms with E-state index in [2.05, 4.69) is 78.3 Å². The Bertz CT molecular complexity index is 1250. The second-order valence-electron chi connectivity index (χ2n) is 6.65. The van der Waals surface area contributed by atoms with Gasteiger partial charge in [0.25, 0.3) is 0 Å². The molecule has 3 heteroatoms. The first-order valence-electron chi connectivity index (χ1n) is 9.27. The molecule has 5 rings (SSSR count). The van der Waals surface area contributed by atoms with Crippen LogP contribution in [0, 0.1) is 0 Å². The highest BCUT2D eigenvalue weighted by molar-refractivity contribution is 6.08. The Morgan fingerprint density at radius 1 is 0.778 bits per heavy atom. The molecule has 0 radical (unpaired) electrons. The Hall–Kier alpha value is -3.46. The zero-order valence-corrected chi connectivity index (χ0v) is 15.1. The Kier molecular flexibility index (Phi) is 3.72. The molecule has 0 amide bonds. The van der Waals surface area contributed by atoms with Crippen LogP contribution in [-0.2, 0) is 6.42 Å². The van der Waals surface area contributed by atoms with E-state index < -0.39 is 0 Å². The van der Waals surface area contributed by atoms with Crippen molar-refractivity contribution in [3.63, 3.8) is 0 Å². The molecule has 0 unspecified atom stereocenters. The summed E-state index contributed by atoms with van der Waals surface area (Å²) in [7, 11) is 0. The minimum absolute atomic E-state index is 0.960. The number of aromatic nitrogens is 3. The highest BCUT2D eigenvalue weighted by Crippen LogP contribution is 2.34. The Balaban J connectivity index is 1.94. The second-order valence-corrected chi connectivity index (χ2v) is 6.65. The molecule has 0 aliphatic carbocycles. The SMILES string of the molecule is CCc1ccccc1-n1nc(-c2ccccc2)c2cnc3ccccc3c21. The number of benzene rings is 3. The highest BCUT2D eigenvalue weighted by atomic mass is 15.3. The largest absolute Gasteiger partial charge is 0.255 e. The average molecular weight is 349 g/mol. The molecule has 3 nitrogen and oxygen atoms in total. The number of nitrogens with zero attached hydrogens (tertiary/aromatic N) is 3. The smallest absolute Gasteiger partial charge is 0.102 e. The minimum atomic E-state index is 0.960. The van der Waals surface area contributed by atoms with Crippen LogP contribution in [0.3, 0.4) is 0 Å².